The quantitative estimate of drug-likeness (QED) is 0.755. The number of rotatable bonds is 4. The van der Waals surface area contributed by atoms with E-state index in [4.69, 9.17) is 4.74 Å². The van der Waals surface area contributed by atoms with Crippen LogP contribution in [0.4, 0.5) is 14.5 Å². The summed E-state index contributed by atoms with van der Waals surface area (Å²) in [7, 11) is 1.57. The minimum absolute atomic E-state index is 0.419. The lowest BCUT2D eigenvalue weighted by molar-refractivity contribution is 0.210. The van der Waals surface area contributed by atoms with Gasteiger partial charge in [-0.1, -0.05) is 0 Å². The van der Waals surface area contributed by atoms with Gasteiger partial charge in [-0.15, -0.1) is 0 Å². The number of benzene rings is 1. The van der Waals surface area contributed by atoms with E-state index in [2.05, 4.69) is 5.32 Å². The molecule has 0 saturated carbocycles. The minimum Gasteiger partial charge on any atom is -0.383 e. The number of anilines is 1. The molecule has 0 bridgehead atoms. The molecule has 1 rings (SSSR count). The zero-order valence-corrected chi connectivity index (χ0v) is 8.23. The molecule has 0 unspecified atom stereocenters. The summed E-state index contributed by atoms with van der Waals surface area (Å²) in [5.74, 6) is -1.11. The Balaban J connectivity index is 2.75. The molecule has 0 radical (unpaired) electrons. The molecule has 0 aliphatic rings. The molecule has 1 aromatic rings. The standard InChI is InChI=1S/C10H13F2NO/c1-7-9(12)5-8(11)6-10(7)13-3-4-14-2/h5-6,13H,3-4H2,1-2H3. The number of hydrogen-bond acceptors (Lipinski definition) is 2. The van der Waals surface area contributed by atoms with Crippen molar-refractivity contribution in [2.24, 2.45) is 0 Å². The highest BCUT2D eigenvalue weighted by atomic mass is 19.1. The lowest BCUT2D eigenvalue weighted by atomic mass is 10.2. The van der Waals surface area contributed by atoms with Gasteiger partial charge in [0.1, 0.15) is 11.6 Å². The molecule has 14 heavy (non-hydrogen) atoms. The predicted molar refractivity (Wildman–Crippen MR) is 51.5 cm³/mol. The van der Waals surface area contributed by atoms with Crippen LogP contribution < -0.4 is 5.32 Å². The van der Waals surface area contributed by atoms with Crippen LogP contribution in [0.1, 0.15) is 5.56 Å². The fourth-order valence-corrected chi connectivity index (χ4v) is 1.12. The van der Waals surface area contributed by atoms with E-state index in [-0.39, 0.29) is 0 Å². The Kier molecular flexibility index (Phi) is 3.83. The van der Waals surface area contributed by atoms with Crippen molar-refractivity contribution in [3.05, 3.63) is 29.3 Å². The molecule has 0 fully saturated rings. The van der Waals surface area contributed by atoms with E-state index in [1.54, 1.807) is 14.0 Å². The third kappa shape index (κ3) is 2.67. The summed E-state index contributed by atoms with van der Waals surface area (Å²) >= 11 is 0. The van der Waals surface area contributed by atoms with Crippen LogP contribution in [0.3, 0.4) is 0 Å². The molecule has 0 heterocycles. The van der Waals surface area contributed by atoms with Gasteiger partial charge in [0.05, 0.1) is 6.61 Å². The average molecular weight is 201 g/mol. The van der Waals surface area contributed by atoms with Gasteiger partial charge >= 0.3 is 0 Å². The first-order valence-electron chi connectivity index (χ1n) is 4.33. The first kappa shape index (κ1) is 10.9. The maximum absolute atomic E-state index is 13.0. The molecule has 0 amide bonds. The first-order valence-corrected chi connectivity index (χ1v) is 4.33. The zero-order valence-electron chi connectivity index (χ0n) is 8.23. The van der Waals surface area contributed by atoms with Crippen LogP contribution in [0, 0.1) is 18.6 Å². The van der Waals surface area contributed by atoms with Crippen LogP contribution >= 0.6 is 0 Å². The van der Waals surface area contributed by atoms with Gasteiger partial charge in [0.15, 0.2) is 0 Å². The molecule has 0 aliphatic carbocycles. The lowest BCUT2D eigenvalue weighted by Gasteiger charge is -2.09. The SMILES string of the molecule is COCCNc1cc(F)cc(F)c1C. The molecular weight excluding hydrogens is 188 g/mol. The fourth-order valence-electron chi connectivity index (χ4n) is 1.12. The van der Waals surface area contributed by atoms with Gasteiger partial charge in [0.25, 0.3) is 0 Å². The summed E-state index contributed by atoms with van der Waals surface area (Å²) in [6, 6.07) is 2.14. The predicted octanol–water partition coefficient (Wildman–Crippen LogP) is 2.33. The third-order valence-corrected chi connectivity index (χ3v) is 1.93. The molecular formula is C10H13F2NO. The molecule has 1 N–H and O–H groups in total. The molecule has 1 aromatic carbocycles. The van der Waals surface area contributed by atoms with Crippen LogP contribution in [0.2, 0.25) is 0 Å². The van der Waals surface area contributed by atoms with E-state index in [0.717, 1.165) is 6.07 Å². The van der Waals surface area contributed by atoms with Crippen molar-refractivity contribution in [3.63, 3.8) is 0 Å². The van der Waals surface area contributed by atoms with Gasteiger partial charge in [-0.2, -0.15) is 0 Å². The summed E-state index contributed by atoms with van der Waals surface area (Å²) in [4.78, 5) is 0. The Morgan fingerprint density at radius 1 is 1.36 bits per heavy atom. The van der Waals surface area contributed by atoms with E-state index in [1.165, 1.54) is 6.07 Å². The average Bonchev–Trinajstić information content (AvgIpc) is 2.13. The molecule has 0 aliphatic heterocycles. The van der Waals surface area contributed by atoms with Crippen molar-refractivity contribution in [2.75, 3.05) is 25.6 Å². The third-order valence-electron chi connectivity index (χ3n) is 1.93. The topological polar surface area (TPSA) is 21.3 Å². The lowest BCUT2D eigenvalue weighted by Crippen LogP contribution is -2.09. The number of hydrogen-bond donors (Lipinski definition) is 1. The molecule has 0 atom stereocenters. The van der Waals surface area contributed by atoms with Crippen molar-refractivity contribution >= 4 is 5.69 Å². The van der Waals surface area contributed by atoms with Crippen molar-refractivity contribution in [3.8, 4) is 0 Å². The fraction of sp³-hybridized carbons (Fsp3) is 0.400. The van der Waals surface area contributed by atoms with Crippen LogP contribution in [0.5, 0.6) is 0 Å². The number of halogens is 2. The summed E-state index contributed by atoms with van der Waals surface area (Å²) in [5.41, 5.74) is 0.891. The Hall–Kier alpha value is -1.16. The highest BCUT2D eigenvalue weighted by molar-refractivity contribution is 5.51. The van der Waals surface area contributed by atoms with Crippen molar-refractivity contribution in [1.29, 1.82) is 0 Å². The van der Waals surface area contributed by atoms with Crippen LogP contribution in [-0.2, 0) is 4.74 Å². The van der Waals surface area contributed by atoms with E-state index in [1.807, 2.05) is 0 Å². The Bertz CT molecular complexity index is 315. The number of nitrogens with one attached hydrogen (secondary N) is 1. The summed E-state index contributed by atoms with van der Waals surface area (Å²) in [6.07, 6.45) is 0. The summed E-state index contributed by atoms with van der Waals surface area (Å²) in [6.45, 7) is 2.63. The molecule has 78 valence electrons. The normalized spacial score (nSPS) is 10.3. The van der Waals surface area contributed by atoms with E-state index in [9.17, 15) is 8.78 Å². The van der Waals surface area contributed by atoms with Gasteiger partial charge in [0.2, 0.25) is 0 Å². The largest absolute Gasteiger partial charge is 0.383 e. The smallest absolute Gasteiger partial charge is 0.131 e. The highest BCUT2D eigenvalue weighted by Gasteiger charge is 2.06. The second-order valence-electron chi connectivity index (χ2n) is 2.98. The van der Waals surface area contributed by atoms with Gasteiger partial charge in [-0.05, 0) is 13.0 Å². The maximum atomic E-state index is 13.0. The molecule has 4 heteroatoms. The van der Waals surface area contributed by atoms with Crippen LogP contribution in [0.15, 0.2) is 12.1 Å². The number of methoxy groups -OCH3 is 1. The minimum atomic E-state index is -0.576. The van der Waals surface area contributed by atoms with Crippen LogP contribution in [0.25, 0.3) is 0 Å². The van der Waals surface area contributed by atoms with Gasteiger partial charge in [-0.25, -0.2) is 8.78 Å². The zero-order chi connectivity index (χ0) is 10.6. The molecule has 0 saturated heterocycles. The monoisotopic (exact) mass is 201 g/mol. The maximum Gasteiger partial charge on any atom is 0.131 e. The number of ether oxygens (including phenoxy) is 1. The second-order valence-corrected chi connectivity index (χ2v) is 2.98. The first-order chi connectivity index (χ1) is 6.65. The van der Waals surface area contributed by atoms with Gasteiger partial charge < -0.3 is 10.1 Å². The van der Waals surface area contributed by atoms with Gasteiger partial charge in [0, 0.05) is 31.0 Å². The second kappa shape index (κ2) is 4.91. The molecule has 0 spiro atoms. The van der Waals surface area contributed by atoms with E-state index < -0.39 is 11.6 Å². The van der Waals surface area contributed by atoms with Crippen LogP contribution in [-0.4, -0.2) is 20.3 Å². The summed E-state index contributed by atoms with van der Waals surface area (Å²) in [5, 5.41) is 2.89. The molecule has 2 nitrogen and oxygen atoms in total. The Labute approximate surface area is 81.9 Å². The Morgan fingerprint density at radius 2 is 2.07 bits per heavy atom. The highest BCUT2D eigenvalue weighted by Crippen LogP contribution is 2.19. The summed E-state index contributed by atoms with van der Waals surface area (Å²) < 4.78 is 30.7. The van der Waals surface area contributed by atoms with E-state index >= 15 is 0 Å². The Morgan fingerprint density at radius 3 is 2.71 bits per heavy atom. The van der Waals surface area contributed by atoms with Crippen molar-refractivity contribution < 1.29 is 13.5 Å². The van der Waals surface area contributed by atoms with Crippen molar-refractivity contribution in [2.45, 2.75) is 6.92 Å². The molecule has 0 aromatic heterocycles. The van der Waals surface area contributed by atoms with Gasteiger partial charge in [-0.3, -0.25) is 0 Å². The van der Waals surface area contributed by atoms with Crippen molar-refractivity contribution in [1.82, 2.24) is 0 Å². The van der Waals surface area contributed by atoms with E-state index in [0.29, 0.717) is 24.4 Å².